The van der Waals surface area contributed by atoms with Gasteiger partial charge in [-0.15, -0.1) is 0 Å². The summed E-state index contributed by atoms with van der Waals surface area (Å²) < 4.78 is 31.8. The lowest BCUT2D eigenvalue weighted by Crippen LogP contribution is -2.29. The largest absolute Gasteiger partial charge is 0.492 e. The van der Waals surface area contributed by atoms with Gasteiger partial charge in [-0.05, 0) is 12.1 Å². The van der Waals surface area contributed by atoms with Crippen molar-refractivity contribution in [2.75, 3.05) is 13.2 Å². The van der Waals surface area contributed by atoms with E-state index in [1.807, 2.05) is 18.2 Å². The van der Waals surface area contributed by atoms with E-state index in [9.17, 15) is 8.42 Å². The molecule has 7 nitrogen and oxygen atoms in total. The minimum absolute atomic E-state index is 0.000267. The fraction of sp³-hybridized carbons (Fsp3) is 0.250. The predicted octanol–water partition coefficient (Wildman–Crippen LogP) is 0.226. The molecule has 0 radical (unpaired) electrons. The Morgan fingerprint density at radius 3 is 2.75 bits per heavy atom. The third-order valence-corrected chi connectivity index (χ3v) is 4.05. The van der Waals surface area contributed by atoms with Crippen LogP contribution in [0.1, 0.15) is 5.56 Å². The van der Waals surface area contributed by atoms with E-state index in [0.29, 0.717) is 11.3 Å². The van der Waals surface area contributed by atoms with Gasteiger partial charge in [0, 0.05) is 18.7 Å². The number of hydrogen-bond acceptors (Lipinski definition) is 5. The molecule has 1 aromatic carbocycles. The monoisotopic (exact) mass is 296 g/mol. The van der Waals surface area contributed by atoms with Crippen molar-refractivity contribution in [3.8, 4) is 5.75 Å². The Kier molecular flexibility index (Phi) is 4.72. The van der Waals surface area contributed by atoms with Crippen molar-refractivity contribution in [1.29, 1.82) is 0 Å². The first kappa shape index (κ1) is 14.5. The molecule has 0 bridgehead atoms. The molecule has 2 rings (SSSR count). The summed E-state index contributed by atoms with van der Waals surface area (Å²) in [5, 5.41) is 6.11. The lowest BCUT2D eigenvalue weighted by atomic mass is 10.3. The molecule has 0 spiro atoms. The van der Waals surface area contributed by atoms with E-state index in [2.05, 4.69) is 14.9 Å². The van der Waals surface area contributed by atoms with Crippen LogP contribution in [0.5, 0.6) is 5.75 Å². The second kappa shape index (κ2) is 6.51. The lowest BCUT2D eigenvalue weighted by molar-refractivity contribution is 0.323. The van der Waals surface area contributed by atoms with Gasteiger partial charge in [-0.2, -0.15) is 5.10 Å². The number of sulfonamides is 1. The van der Waals surface area contributed by atoms with Crippen molar-refractivity contribution in [3.63, 3.8) is 0 Å². The van der Waals surface area contributed by atoms with Crippen molar-refractivity contribution in [1.82, 2.24) is 14.9 Å². The Hall–Kier alpha value is -1.90. The molecule has 0 aliphatic carbocycles. The maximum absolute atomic E-state index is 12.0. The molecule has 0 fully saturated rings. The number of benzene rings is 1. The number of H-pyrrole nitrogens is 1. The lowest BCUT2D eigenvalue weighted by Gasteiger charge is -2.08. The zero-order chi connectivity index (χ0) is 14.4. The topological polar surface area (TPSA) is 110 Å². The van der Waals surface area contributed by atoms with Crippen LogP contribution in [0.25, 0.3) is 0 Å². The third-order valence-electron chi connectivity index (χ3n) is 2.57. The van der Waals surface area contributed by atoms with E-state index < -0.39 is 10.0 Å². The van der Waals surface area contributed by atoms with Gasteiger partial charge in [0.15, 0.2) is 5.03 Å². The smallest absolute Gasteiger partial charge is 0.257 e. The van der Waals surface area contributed by atoms with Gasteiger partial charge in [-0.1, -0.05) is 18.2 Å². The summed E-state index contributed by atoms with van der Waals surface area (Å²) in [6, 6.07) is 9.17. The van der Waals surface area contributed by atoms with Gasteiger partial charge in [-0.25, -0.2) is 13.1 Å². The average Bonchev–Trinajstić information content (AvgIpc) is 2.94. The van der Waals surface area contributed by atoms with E-state index in [4.69, 9.17) is 10.5 Å². The number of hydrogen-bond donors (Lipinski definition) is 3. The molecule has 0 saturated carbocycles. The second-order valence-corrected chi connectivity index (χ2v) is 5.69. The molecule has 0 atom stereocenters. The molecule has 0 aliphatic rings. The average molecular weight is 296 g/mol. The normalized spacial score (nSPS) is 11.4. The number of ether oxygens (including phenoxy) is 1. The minimum atomic E-state index is -3.64. The van der Waals surface area contributed by atoms with Gasteiger partial charge in [0.25, 0.3) is 10.0 Å². The first-order chi connectivity index (χ1) is 9.63. The Morgan fingerprint density at radius 2 is 2.05 bits per heavy atom. The maximum Gasteiger partial charge on any atom is 0.257 e. The van der Waals surface area contributed by atoms with Crippen LogP contribution in [0.4, 0.5) is 0 Å². The van der Waals surface area contributed by atoms with Crippen LogP contribution in [0.2, 0.25) is 0 Å². The predicted molar refractivity (Wildman–Crippen MR) is 73.6 cm³/mol. The zero-order valence-corrected chi connectivity index (χ0v) is 11.6. The summed E-state index contributed by atoms with van der Waals surface area (Å²) in [5.41, 5.74) is 5.89. The molecular formula is C12H16N4O3S. The van der Waals surface area contributed by atoms with E-state index in [1.165, 1.54) is 6.20 Å². The zero-order valence-electron chi connectivity index (χ0n) is 10.7. The van der Waals surface area contributed by atoms with Gasteiger partial charge in [0.2, 0.25) is 0 Å². The molecule has 0 saturated heterocycles. The van der Waals surface area contributed by atoms with Crippen LogP contribution in [0.15, 0.2) is 41.6 Å². The summed E-state index contributed by atoms with van der Waals surface area (Å²) in [6.07, 6.45) is 1.40. The maximum atomic E-state index is 12.0. The molecule has 1 heterocycles. The third kappa shape index (κ3) is 3.56. The van der Waals surface area contributed by atoms with Crippen LogP contribution in [0, 0.1) is 0 Å². The van der Waals surface area contributed by atoms with Crippen LogP contribution in [-0.2, 0) is 16.6 Å². The van der Waals surface area contributed by atoms with Crippen LogP contribution in [-0.4, -0.2) is 31.8 Å². The fourth-order valence-electron chi connectivity index (χ4n) is 1.61. The Bertz CT molecular complexity index is 640. The standard InChI is InChI=1S/C12H16N4O3S/c13-8-10-9-14-16-12(10)20(17,18)15-6-7-19-11-4-2-1-3-5-11/h1-5,9,15H,6-8,13H2,(H,14,16). The number of para-hydroxylation sites is 1. The van der Waals surface area contributed by atoms with E-state index in [1.54, 1.807) is 12.1 Å². The first-order valence-electron chi connectivity index (χ1n) is 6.03. The summed E-state index contributed by atoms with van der Waals surface area (Å²) in [6.45, 7) is 0.489. The quantitative estimate of drug-likeness (QED) is 0.633. The Morgan fingerprint density at radius 1 is 1.30 bits per heavy atom. The fourth-order valence-corrected chi connectivity index (χ4v) is 2.76. The van der Waals surface area contributed by atoms with Crippen molar-refractivity contribution >= 4 is 10.0 Å². The number of rotatable bonds is 7. The SMILES string of the molecule is NCc1cn[nH]c1S(=O)(=O)NCCOc1ccccc1. The number of aromatic amines is 1. The van der Waals surface area contributed by atoms with Gasteiger partial charge >= 0.3 is 0 Å². The van der Waals surface area contributed by atoms with Crippen LogP contribution in [0.3, 0.4) is 0 Å². The summed E-state index contributed by atoms with van der Waals surface area (Å²) in [4.78, 5) is 0. The highest BCUT2D eigenvalue weighted by Crippen LogP contribution is 2.11. The van der Waals surface area contributed by atoms with E-state index in [0.717, 1.165) is 0 Å². The van der Waals surface area contributed by atoms with Crippen molar-refractivity contribution in [2.24, 2.45) is 5.73 Å². The van der Waals surface area contributed by atoms with Crippen LogP contribution >= 0.6 is 0 Å². The van der Waals surface area contributed by atoms with E-state index in [-0.39, 0.29) is 24.7 Å². The first-order valence-corrected chi connectivity index (χ1v) is 7.51. The molecule has 0 unspecified atom stereocenters. The summed E-state index contributed by atoms with van der Waals surface area (Å²) >= 11 is 0. The number of nitrogens with one attached hydrogen (secondary N) is 2. The molecule has 2 aromatic rings. The van der Waals surface area contributed by atoms with Gasteiger partial charge in [-0.3, -0.25) is 5.10 Å². The van der Waals surface area contributed by atoms with Gasteiger partial charge in [0.1, 0.15) is 12.4 Å². The van der Waals surface area contributed by atoms with Crippen molar-refractivity contribution in [3.05, 3.63) is 42.1 Å². The highest BCUT2D eigenvalue weighted by atomic mass is 32.2. The van der Waals surface area contributed by atoms with Crippen molar-refractivity contribution < 1.29 is 13.2 Å². The number of aromatic nitrogens is 2. The second-order valence-electron chi connectivity index (χ2n) is 3.99. The number of nitrogens with zero attached hydrogens (tertiary/aromatic N) is 1. The molecule has 0 aliphatic heterocycles. The molecule has 1 aromatic heterocycles. The summed E-state index contributed by atoms with van der Waals surface area (Å²) in [7, 11) is -3.64. The number of nitrogens with two attached hydrogens (primary N) is 1. The molecule has 108 valence electrons. The van der Waals surface area contributed by atoms with Crippen molar-refractivity contribution in [2.45, 2.75) is 11.6 Å². The van der Waals surface area contributed by atoms with E-state index >= 15 is 0 Å². The molecule has 4 N–H and O–H groups in total. The highest BCUT2D eigenvalue weighted by molar-refractivity contribution is 7.89. The summed E-state index contributed by atoms with van der Waals surface area (Å²) in [5.74, 6) is 0.691. The molecular weight excluding hydrogens is 280 g/mol. The van der Waals surface area contributed by atoms with Crippen LogP contribution < -0.4 is 15.2 Å². The highest BCUT2D eigenvalue weighted by Gasteiger charge is 2.19. The molecule has 8 heteroatoms. The minimum Gasteiger partial charge on any atom is -0.492 e. The Balaban J connectivity index is 1.87. The van der Waals surface area contributed by atoms with Gasteiger partial charge < -0.3 is 10.5 Å². The van der Waals surface area contributed by atoms with Gasteiger partial charge in [0.05, 0.1) is 6.20 Å². The Labute approximate surface area is 117 Å². The molecule has 20 heavy (non-hydrogen) atoms. The molecule has 0 amide bonds.